The first-order valence-corrected chi connectivity index (χ1v) is 9.26. The number of hydrogen-bond donors (Lipinski definition) is 0. The topological polar surface area (TPSA) is 49.9 Å². The average molecular weight is 356 g/mol. The molecular weight excluding hydrogens is 328 g/mol. The van der Waals surface area contributed by atoms with Crippen molar-refractivity contribution < 1.29 is 14.3 Å². The molecule has 3 rings (SSSR count). The molecule has 1 aromatic rings. The maximum Gasteiger partial charge on any atom is 0.410 e. The fourth-order valence-electron chi connectivity index (χ4n) is 3.56. The predicted octanol–water partition coefficient (Wildman–Crippen LogP) is 3.56. The van der Waals surface area contributed by atoms with Crippen LogP contribution in [0.4, 0.5) is 4.79 Å². The molecular formula is C21H28N2O3. The van der Waals surface area contributed by atoms with E-state index < -0.39 is 5.60 Å². The molecule has 2 aliphatic rings. The zero-order chi connectivity index (χ0) is 18.8. The Morgan fingerprint density at radius 1 is 1.04 bits per heavy atom. The van der Waals surface area contributed by atoms with Gasteiger partial charge in [0, 0.05) is 37.7 Å². The van der Waals surface area contributed by atoms with Gasteiger partial charge in [0.15, 0.2) is 0 Å². The molecule has 2 fully saturated rings. The van der Waals surface area contributed by atoms with Gasteiger partial charge in [-0.3, -0.25) is 4.79 Å². The van der Waals surface area contributed by atoms with E-state index in [2.05, 4.69) is 0 Å². The molecule has 0 bridgehead atoms. The Bertz CT molecular complexity index is 675. The maximum absolute atomic E-state index is 12.3. The summed E-state index contributed by atoms with van der Waals surface area (Å²) in [6.07, 6.45) is 5.14. The molecule has 2 aliphatic heterocycles. The van der Waals surface area contributed by atoms with Crippen molar-refractivity contribution in [2.45, 2.75) is 39.2 Å². The standard InChI is InChI=1S/C21H28N2O3/c1-20(2,3)26-19(25)22-13-11-21(12-14-22)15-23(16-21)18(24)10-9-17-7-5-4-6-8-17/h4-10H,11-16H2,1-3H3. The van der Waals surface area contributed by atoms with Crippen molar-refractivity contribution in [3.8, 4) is 0 Å². The summed E-state index contributed by atoms with van der Waals surface area (Å²) in [4.78, 5) is 28.1. The summed E-state index contributed by atoms with van der Waals surface area (Å²) in [5.74, 6) is 0.0639. The van der Waals surface area contributed by atoms with Crippen molar-refractivity contribution in [1.29, 1.82) is 0 Å². The highest BCUT2D eigenvalue weighted by atomic mass is 16.6. The van der Waals surface area contributed by atoms with Gasteiger partial charge >= 0.3 is 6.09 Å². The van der Waals surface area contributed by atoms with E-state index in [1.165, 1.54) is 0 Å². The van der Waals surface area contributed by atoms with Gasteiger partial charge in [-0.25, -0.2) is 4.79 Å². The molecule has 0 atom stereocenters. The van der Waals surface area contributed by atoms with Crippen LogP contribution in [0, 0.1) is 5.41 Å². The minimum Gasteiger partial charge on any atom is -0.444 e. The van der Waals surface area contributed by atoms with E-state index in [9.17, 15) is 9.59 Å². The van der Waals surface area contributed by atoms with Crippen molar-refractivity contribution in [3.63, 3.8) is 0 Å². The summed E-state index contributed by atoms with van der Waals surface area (Å²) in [7, 11) is 0. The second-order valence-corrected chi connectivity index (χ2v) is 8.41. The van der Waals surface area contributed by atoms with Gasteiger partial charge in [0.1, 0.15) is 5.60 Å². The van der Waals surface area contributed by atoms with E-state index in [0.717, 1.165) is 31.5 Å². The number of hydrogen-bond acceptors (Lipinski definition) is 3. The minimum absolute atomic E-state index is 0.0639. The van der Waals surface area contributed by atoms with Crippen LogP contribution in [0.1, 0.15) is 39.2 Å². The first kappa shape index (κ1) is 18.5. The predicted molar refractivity (Wildman–Crippen MR) is 102 cm³/mol. The Labute approximate surface area is 155 Å². The van der Waals surface area contributed by atoms with E-state index in [-0.39, 0.29) is 17.4 Å². The molecule has 0 radical (unpaired) electrons. The fourth-order valence-corrected chi connectivity index (χ4v) is 3.56. The Hall–Kier alpha value is -2.30. The second-order valence-electron chi connectivity index (χ2n) is 8.41. The maximum atomic E-state index is 12.3. The molecule has 1 aromatic carbocycles. The smallest absolute Gasteiger partial charge is 0.410 e. The zero-order valence-electron chi connectivity index (χ0n) is 15.9. The number of carbonyl (C=O) groups is 2. The number of piperidine rings is 1. The number of benzene rings is 1. The molecule has 2 heterocycles. The van der Waals surface area contributed by atoms with Crippen molar-refractivity contribution in [1.82, 2.24) is 9.80 Å². The lowest BCUT2D eigenvalue weighted by molar-refractivity contribution is -0.141. The van der Waals surface area contributed by atoms with Gasteiger partial charge in [-0.2, -0.15) is 0 Å². The number of carbonyl (C=O) groups excluding carboxylic acids is 2. The van der Waals surface area contributed by atoms with Crippen molar-refractivity contribution in [2.75, 3.05) is 26.2 Å². The van der Waals surface area contributed by atoms with Crippen molar-refractivity contribution >= 4 is 18.1 Å². The van der Waals surface area contributed by atoms with Crippen LogP contribution in [0.2, 0.25) is 0 Å². The third-order valence-electron chi connectivity index (χ3n) is 5.06. The second kappa shape index (κ2) is 7.14. The lowest BCUT2D eigenvalue weighted by Crippen LogP contribution is -2.62. The van der Waals surface area contributed by atoms with E-state index >= 15 is 0 Å². The molecule has 5 heteroatoms. The third-order valence-corrected chi connectivity index (χ3v) is 5.06. The van der Waals surface area contributed by atoms with Crippen LogP contribution in [0.5, 0.6) is 0 Å². The monoisotopic (exact) mass is 356 g/mol. The number of rotatable bonds is 2. The lowest BCUT2D eigenvalue weighted by atomic mass is 9.72. The van der Waals surface area contributed by atoms with Crippen LogP contribution in [-0.2, 0) is 9.53 Å². The first-order valence-electron chi connectivity index (χ1n) is 9.26. The zero-order valence-corrected chi connectivity index (χ0v) is 15.9. The van der Waals surface area contributed by atoms with Crippen LogP contribution in [0.25, 0.3) is 6.08 Å². The SMILES string of the molecule is CC(C)(C)OC(=O)N1CCC2(CC1)CN(C(=O)C=Cc1ccccc1)C2. The third kappa shape index (κ3) is 4.45. The molecule has 2 saturated heterocycles. The van der Waals surface area contributed by atoms with Crippen LogP contribution in [0.3, 0.4) is 0 Å². The lowest BCUT2D eigenvalue weighted by Gasteiger charge is -2.53. The highest BCUT2D eigenvalue weighted by molar-refractivity contribution is 5.92. The Balaban J connectivity index is 1.46. The van der Waals surface area contributed by atoms with Crippen molar-refractivity contribution in [2.24, 2.45) is 5.41 Å². The Morgan fingerprint density at radius 2 is 1.65 bits per heavy atom. The van der Waals surface area contributed by atoms with Gasteiger partial charge in [0.05, 0.1) is 0 Å². The summed E-state index contributed by atoms with van der Waals surface area (Å²) in [6, 6.07) is 9.84. The van der Waals surface area contributed by atoms with Crippen LogP contribution in [0.15, 0.2) is 36.4 Å². The fraction of sp³-hybridized carbons (Fsp3) is 0.524. The van der Waals surface area contributed by atoms with Crippen LogP contribution in [-0.4, -0.2) is 53.6 Å². The number of ether oxygens (including phenoxy) is 1. The van der Waals surface area contributed by atoms with E-state index in [1.807, 2.05) is 62.1 Å². The normalized spacial score (nSPS) is 19.5. The summed E-state index contributed by atoms with van der Waals surface area (Å²) in [6.45, 7) is 8.63. The number of nitrogens with zero attached hydrogens (tertiary/aromatic N) is 2. The quantitative estimate of drug-likeness (QED) is 0.762. The largest absolute Gasteiger partial charge is 0.444 e. The summed E-state index contributed by atoms with van der Waals surface area (Å²) >= 11 is 0. The summed E-state index contributed by atoms with van der Waals surface area (Å²) in [5, 5.41) is 0. The molecule has 26 heavy (non-hydrogen) atoms. The van der Waals surface area contributed by atoms with Gasteiger partial charge in [-0.1, -0.05) is 30.3 Å². The highest BCUT2D eigenvalue weighted by Crippen LogP contribution is 2.40. The van der Waals surface area contributed by atoms with Gasteiger partial charge in [0.25, 0.3) is 0 Å². The Morgan fingerprint density at radius 3 is 2.23 bits per heavy atom. The first-order chi connectivity index (χ1) is 12.3. The van der Waals surface area contributed by atoms with Crippen molar-refractivity contribution in [3.05, 3.63) is 42.0 Å². The number of likely N-dealkylation sites (tertiary alicyclic amines) is 2. The summed E-state index contributed by atoms with van der Waals surface area (Å²) in [5.41, 5.74) is 0.743. The van der Waals surface area contributed by atoms with E-state index in [1.54, 1.807) is 11.0 Å². The molecule has 1 spiro atoms. The van der Waals surface area contributed by atoms with Gasteiger partial charge in [-0.15, -0.1) is 0 Å². The number of amides is 2. The van der Waals surface area contributed by atoms with Gasteiger partial charge < -0.3 is 14.5 Å². The Kier molecular flexibility index (Phi) is 5.08. The summed E-state index contributed by atoms with van der Waals surface area (Å²) < 4.78 is 5.44. The van der Waals surface area contributed by atoms with E-state index in [0.29, 0.717) is 13.1 Å². The molecule has 0 saturated carbocycles. The van der Waals surface area contributed by atoms with Gasteiger partial charge in [-0.05, 0) is 45.3 Å². The average Bonchev–Trinajstić information content (AvgIpc) is 2.57. The molecule has 5 nitrogen and oxygen atoms in total. The highest BCUT2D eigenvalue weighted by Gasteiger charge is 2.47. The minimum atomic E-state index is -0.461. The molecule has 0 aliphatic carbocycles. The van der Waals surface area contributed by atoms with Crippen LogP contribution >= 0.6 is 0 Å². The molecule has 0 unspecified atom stereocenters. The molecule has 140 valence electrons. The van der Waals surface area contributed by atoms with Crippen LogP contribution < -0.4 is 0 Å². The van der Waals surface area contributed by atoms with Gasteiger partial charge in [0.2, 0.25) is 5.91 Å². The molecule has 2 amide bonds. The molecule has 0 aromatic heterocycles. The van der Waals surface area contributed by atoms with E-state index in [4.69, 9.17) is 4.74 Å². The molecule has 0 N–H and O–H groups in total.